The van der Waals surface area contributed by atoms with Crippen molar-refractivity contribution < 1.29 is 14.6 Å². The maximum Gasteiger partial charge on any atom is 0.330 e. The van der Waals surface area contributed by atoms with Gasteiger partial charge in [0.2, 0.25) is 0 Å². The number of aliphatic hydroxyl groups excluding tert-OH is 1. The molecule has 0 spiro atoms. The third-order valence-electron chi connectivity index (χ3n) is 2.70. The predicted molar refractivity (Wildman–Crippen MR) is 57.6 cm³/mol. The van der Waals surface area contributed by atoms with E-state index >= 15 is 0 Å². The maximum absolute atomic E-state index is 11.7. The molecule has 17 heavy (non-hydrogen) atoms. The van der Waals surface area contributed by atoms with Gasteiger partial charge in [0.15, 0.2) is 12.0 Å². The molecule has 2 rings (SSSR count). The molecule has 0 aromatic carbocycles. The molecule has 2 N–H and O–H groups in total. The van der Waals surface area contributed by atoms with E-state index in [1.54, 1.807) is 13.8 Å². The van der Waals surface area contributed by atoms with E-state index in [0.29, 0.717) is 5.56 Å². The van der Waals surface area contributed by atoms with Crippen LogP contribution in [-0.2, 0) is 15.2 Å². The summed E-state index contributed by atoms with van der Waals surface area (Å²) in [6.45, 7) is 3.09. The summed E-state index contributed by atoms with van der Waals surface area (Å²) < 4.78 is 11.9. The summed E-state index contributed by atoms with van der Waals surface area (Å²) in [5, 5.41) is 8.92. The van der Waals surface area contributed by atoms with Gasteiger partial charge in [-0.05, 0) is 13.8 Å². The number of hydrogen-bond donors (Lipinski definition) is 2. The number of nitrogens with zero attached hydrogens (tertiary/aromatic N) is 1. The first-order valence-corrected chi connectivity index (χ1v) is 5.19. The number of hydrogen-bond acceptors (Lipinski definition) is 5. The molecule has 0 saturated carbocycles. The summed E-state index contributed by atoms with van der Waals surface area (Å²) in [5.74, 6) is 0. The van der Waals surface area contributed by atoms with Crippen LogP contribution in [0.4, 0.5) is 0 Å². The molecule has 0 bridgehead atoms. The second-order valence-electron chi connectivity index (χ2n) is 4.16. The Balaban J connectivity index is 2.44. The van der Waals surface area contributed by atoms with Gasteiger partial charge in [-0.25, -0.2) is 4.79 Å². The van der Waals surface area contributed by atoms with Crippen LogP contribution >= 0.6 is 0 Å². The van der Waals surface area contributed by atoms with Crippen molar-refractivity contribution in [1.29, 1.82) is 0 Å². The predicted octanol–water partition coefficient (Wildman–Crippen LogP) is -1.12. The van der Waals surface area contributed by atoms with E-state index < -0.39 is 23.3 Å². The Morgan fingerprint density at radius 3 is 2.94 bits per heavy atom. The Kier molecular flexibility index (Phi) is 2.90. The van der Waals surface area contributed by atoms with Crippen LogP contribution in [0.25, 0.3) is 0 Å². The smallest absolute Gasteiger partial charge is 0.330 e. The molecule has 94 valence electrons. The SMILES string of the molecule is Cc1cn([C@]2(C)CO[C@H](CO)O2)c(=O)[nH]c1=O. The van der Waals surface area contributed by atoms with Crippen LogP contribution in [0, 0.1) is 6.92 Å². The highest BCUT2D eigenvalue weighted by Gasteiger charge is 2.39. The highest BCUT2D eigenvalue weighted by atomic mass is 16.7. The Labute approximate surface area is 96.6 Å². The lowest BCUT2D eigenvalue weighted by Crippen LogP contribution is -2.44. The summed E-state index contributed by atoms with van der Waals surface area (Å²) in [5.41, 5.74) is -1.60. The summed E-state index contributed by atoms with van der Waals surface area (Å²) >= 11 is 0. The maximum atomic E-state index is 11.7. The lowest BCUT2D eigenvalue weighted by atomic mass is 10.2. The minimum absolute atomic E-state index is 0.129. The van der Waals surface area contributed by atoms with Crippen LogP contribution in [0.3, 0.4) is 0 Å². The number of aromatic amines is 1. The van der Waals surface area contributed by atoms with E-state index in [0.717, 1.165) is 0 Å². The van der Waals surface area contributed by atoms with Crippen LogP contribution in [0.1, 0.15) is 12.5 Å². The molecule has 0 amide bonds. The third kappa shape index (κ3) is 2.04. The van der Waals surface area contributed by atoms with Gasteiger partial charge in [0.1, 0.15) is 0 Å². The van der Waals surface area contributed by atoms with Crippen LogP contribution in [0.2, 0.25) is 0 Å². The van der Waals surface area contributed by atoms with E-state index in [1.165, 1.54) is 10.8 Å². The number of H-pyrrole nitrogens is 1. The lowest BCUT2D eigenvalue weighted by molar-refractivity contribution is -0.134. The molecule has 2 heterocycles. The van der Waals surface area contributed by atoms with E-state index in [-0.39, 0.29) is 13.2 Å². The molecular formula is C10H14N2O5. The monoisotopic (exact) mass is 242 g/mol. The molecule has 0 radical (unpaired) electrons. The minimum Gasteiger partial charge on any atom is -0.391 e. The van der Waals surface area contributed by atoms with Crippen LogP contribution in [0.15, 0.2) is 15.8 Å². The van der Waals surface area contributed by atoms with Crippen molar-refractivity contribution in [2.45, 2.75) is 25.9 Å². The standard InChI is InChI=1S/C10H14N2O5/c1-6-3-12(9(15)11-8(6)14)10(2)5-16-7(4-13)17-10/h3,7,13H,4-5H2,1-2H3,(H,11,14,15)/t7-,10-/m0/s1. The van der Waals surface area contributed by atoms with Crippen molar-refractivity contribution in [1.82, 2.24) is 9.55 Å². The summed E-state index contributed by atoms with van der Waals surface area (Å²) in [6.07, 6.45) is 0.670. The van der Waals surface area contributed by atoms with Crippen LogP contribution in [0.5, 0.6) is 0 Å². The lowest BCUT2D eigenvalue weighted by Gasteiger charge is -2.24. The van der Waals surface area contributed by atoms with Crippen molar-refractivity contribution in [2.75, 3.05) is 13.2 Å². The van der Waals surface area contributed by atoms with Crippen molar-refractivity contribution in [3.63, 3.8) is 0 Å². The summed E-state index contributed by atoms with van der Waals surface area (Å²) in [6, 6.07) is 0. The Hall–Kier alpha value is -1.44. The van der Waals surface area contributed by atoms with Crippen LogP contribution in [-0.4, -0.2) is 34.2 Å². The van der Waals surface area contributed by atoms with Gasteiger partial charge < -0.3 is 14.6 Å². The fourth-order valence-electron chi connectivity index (χ4n) is 1.73. The van der Waals surface area contributed by atoms with E-state index in [1.807, 2.05) is 0 Å². The molecule has 1 aromatic heterocycles. The third-order valence-corrected chi connectivity index (χ3v) is 2.70. The topological polar surface area (TPSA) is 93.6 Å². The molecule has 7 nitrogen and oxygen atoms in total. The first-order valence-electron chi connectivity index (χ1n) is 5.19. The first kappa shape index (κ1) is 12.0. The Morgan fingerprint density at radius 2 is 2.35 bits per heavy atom. The zero-order valence-corrected chi connectivity index (χ0v) is 9.60. The fraction of sp³-hybridized carbons (Fsp3) is 0.600. The highest BCUT2D eigenvalue weighted by Crippen LogP contribution is 2.26. The zero-order chi connectivity index (χ0) is 12.6. The second kappa shape index (κ2) is 4.10. The number of aliphatic hydroxyl groups is 1. The number of rotatable bonds is 2. The first-order chi connectivity index (χ1) is 7.96. The molecule has 0 unspecified atom stereocenters. The van der Waals surface area contributed by atoms with Gasteiger partial charge in [-0.2, -0.15) is 0 Å². The van der Waals surface area contributed by atoms with E-state index in [2.05, 4.69) is 4.98 Å². The molecular weight excluding hydrogens is 228 g/mol. The highest BCUT2D eigenvalue weighted by molar-refractivity contribution is 5.03. The largest absolute Gasteiger partial charge is 0.391 e. The number of aromatic nitrogens is 2. The van der Waals surface area contributed by atoms with Gasteiger partial charge in [-0.15, -0.1) is 0 Å². The molecule has 0 aliphatic carbocycles. The number of ether oxygens (including phenoxy) is 2. The Bertz CT molecular complexity index is 534. The molecule has 1 aliphatic heterocycles. The van der Waals surface area contributed by atoms with Gasteiger partial charge in [-0.1, -0.05) is 0 Å². The molecule has 1 aliphatic rings. The molecule has 1 aromatic rings. The average Bonchev–Trinajstić information content (AvgIpc) is 2.66. The molecule has 7 heteroatoms. The van der Waals surface area contributed by atoms with E-state index in [4.69, 9.17) is 14.6 Å². The van der Waals surface area contributed by atoms with Gasteiger partial charge in [0, 0.05) is 11.8 Å². The van der Waals surface area contributed by atoms with Crippen LogP contribution < -0.4 is 11.2 Å². The zero-order valence-electron chi connectivity index (χ0n) is 9.60. The molecule has 2 atom stereocenters. The summed E-state index contributed by atoms with van der Waals surface area (Å²) in [4.78, 5) is 25.1. The fourth-order valence-corrected chi connectivity index (χ4v) is 1.73. The van der Waals surface area contributed by atoms with Gasteiger partial charge in [-0.3, -0.25) is 14.3 Å². The Morgan fingerprint density at radius 1 is 1.65 bits per heavy atom. The number of nitrogens with one attached hydrogen (secondary N) is 1. The van der Waals surface area contributed by atoms with Crippen molar-refractivity contribution in [2.24, 2.45) is 0 Å². The van der Waals surface area contributed by atoms with Crippen molar-refractivity contribution in [3.8, 4) is 0 Å². The van der Waals surface area contributed by atoms with Crippen molar-refractivity contribution in [3.05, 3.63) is 32.6 Å². The normalized spacial score (nSPS) is 28.5. The van der Waals surface area contributed by atoms with Gasteiger partial charge in [0.05, 0.1) is 13.2 Å². The molecule has 1 saturated heterocycles. The van der Waals surface area contributed by atoms with Gasteiger partial charge >= 0.3 is 5.69 Å². The van der Waals surface area contributed by atoms with Gasteiger partial charge in [0.25, 0.3) is 5.56 Å². The molecule has 1 fully saturated rings. The quantitative estimate of drug-likeness (QED) is 0.685. The second-order valence-corrected chi connectivity index (χ2v) is 4.16. The number of aryl methyl sites for hydroxylation is 1. The van der Waals surface area contributed by atoms with Crippen molar-refractivity contribution >= 4 is 0 Å². The minimum atomic E-state index is -1.01. The summed E-state index contributed by atoms with van der Waals surface area (Å²) in [7, 11) is 0. The van der Waals surface area contributed by atoms with E-state index in [9.17, 15) is 9.59 Å². The average molecular weight is 242 g/mol.